The normalized spacial score (nSPS) is 33.6. The minimum absolute atomic E-state index is 0.0368. The third-order valence-corrected chi connectivity index (χ3v) is 8.36. The molecule has 5 aliphatic rings. The lowest BCUT2D eigenvalue weighted by Gasteiger charge is -2.60. The lowest BCUT2D eigenvalue weighted by atomic mass is 9.47. The summed E-state index contributed by atoms with van der Waals surface area (Å²) in [6.07, 6.45) is 8.29. The zero-order chi connectivity index (χ0) is 22.8. The first-order valence-corrected chi connectivity index (χ1v) is 11.6. The Balaban J connectivity index is 1.48. The molecule has 8 heteroatoms. The van der Waals surface area contributed by atoms with Crippen LogP contribution in [0.2, 0.25) is 5.02 Å². The average molecular weight is 459 g/mol. The van der Waals surface area contributed by atoms with Gasteiger partial charge in [0.1, 0.15) is 5.57 Å². The number of nitrogens with zero attached hydrogens (tertiary/aromatic N) is 1. The molecule has 32 heavy (non-hydrogen) atoms. The van der Waals surface area contributed by atoms with E-state index >= 15 is 0 Å². The minimum atomic E-state index is -0.739. The first-order valence-electron chi connectivity index (χ1n) is 11.2. The number of phenolic OH excluding ortho intramolecular Hbond substituents is 1. The number of rotatable bonds is 4. The number of ether oxygens (including phenoxy) is 1. The first kappa shape index (κ1) is 21.3. The predicted octanol–water partition coefficient (Wildman–Crippen LogP) is 4.12. The van der Waals surface area contributed by atoms with E-state index in [4.69, 9.17) is 16.3 Å². The van der Waals surface area contributed by atoms with E-state index in [1.54, 1.807) is 0 Å². The Labute approximate surface area is 191 Å². The fourth-order valence-corrected chi connectivity index (χ4v) is 7.20. The lowest BCUT2D eigenvalue weighted by molar-refractivity contribution is -0.139. The summed E-state index contributed by atoms with van der Waals surface area (Å²) in [7, 11) is 1.38. The number of benzene rings is 1. The third kappa shape index (κ3) is 3.29. The molecule has 2 N–H and O–H groups in total. The molecule has 6 rings (SSSR count). The molecule has 0 radical (unpaired) electrons. The summed E-state index contributed by atoms with van der Waals surface area (Å²) in [5, 5.41) is 12.3. The Bertz CT molecular complexity index is 1010. The number of nitrogens with one attached hydrogen (secondary N) is 1. The number of amides is 4. The van der Waals surface area contributed by atoms with Crippen LogP contribution in [-0.2, 0) is 9.59 Å². The van der Waals surface area contributed by atoms with E-state index in [-0.39, 0.29) is 33.6 Å². The number of phenols is 1. The molecule has 4 saturated carbocycles. The molecular formula is C24H27ClN2O5. The molecule has 1 aromatic carbocycles. The molecule has 0 spiro atoms. The minimum Gasteiger partial charge on any atom is -0.503 e. The average Bonchev–Trinajstić information content (AvgIpc) is 2.72. The second-order valence-electron chi connectivity index (χ2n) is 10.0. The second-order valence-corrected chi connectivity index (χ2v) is 10.4. The Hall–Kier alpha value is -2.54. The van der Waals surface area contributed by atoms with Gasteiger partial charge in [0.2, 0.25) is 0 Å². The van der Waals surface area contributed by atoms with Crippen LogP contribution < -0.4 is 10.1 Å². The highest BCUT2D eigenvalue weighted by molar-refractivity contribution is 6.33. The molecule has 7 nitrogen and oxygen atoms in total. The van der Waals surface area contributed by atoms with Crippen molar-refractivity contribution >= 4 is 35.5 Å². The number of imide groups is 2. The van der Waals surface area contributed by atoms with Gasteiger partial charge in [0.25, 0.3) is 11.8 Å². The summed E-state index contributed by atoms with van der Waals surface area (Å²) < 4.78 is 5.11. The van der Waals surface area contributed by atoms with E-state index in [1.807, 2.05) is 6.92 Å². The van der Waals surface area contributed by atoms with Gasteiger partial charge in [-0.2, -0.15) is 0 Å². The number of urea groups is 1. The van der Waals surface area contributed by atoms with Gasteiger partial charge in [-0.15, -0.1) is 0 Å². The van der Waals surface area contributed by atoms with Crippen LogP contribution in [-0.4, -0.2) is 41.0 Å². The summed E-state index contributed by atoms with van der Waals surface area (Å²) >= 11 is 6.06. The van der Waals surface area contributed by atoms with Crippen molar-refractivity contribution in [2.24, 2.45) is 23.2 Å². The largest absolute Gasteiger partial charge is 0.503 e. The summed E-state index contributed by atoms with van der Waals surface area (Å²) in [5.74, 6) is 0.604. The number of aromatic hydroxyl groups is 1. The maximum Gasteiger partial charge on any atom is 0.331 e. The van der Waals surface area contributed by atoms with Crippen molar-refractivity contribution in [2.45, 2.75) is 51.5 Å². The molecule has 1 aliphatic heterocycles. The molecule has 1 aromatic rings. The molecule has 0 aromatic heterocycles. The molecular weight excluding hydrogens is 432 g/mol. The van der Waals surface area contributed by atoms with Gasteiger partial charge in [-0.25, -0.2) is 4.79 Å². The maximum atomic E-state index is 13.5. The van der Waals surface area contributed by atoms with Crippen molar-refractivity contribution in [3.8, 4) is 11.5 Å². The van der Waals surface area contributed by atoms with Gasteiger partial charge in [0.05, 0.1) is 12.1 Å². The summed E-state index contributed by atoms with van der Waals surface area (Å²) in [5.41, 5.74) is 0.211. The van der Waals surface area contributed by atoms with E-state index in [2.05, 4.69) is 5.32 Å². The van der Waals surface area contributed by atoms with Gasteiger partial charge in [-0.3, -0.25) is 19.8 Å². The highest BCUT2D eigenvalue weighted by Crippen LogP contribution is 2.62. The predicted molar refractivity (Wildman–Crippen MR) is 118 cm³/mol. The van der Waals surface area contributed by atoms with E-state index in [0.29, 0.717) is 23.3 Å². The van der Waals surface area contributed by atoms with E-state index < -0.39 is 17.8 Å². The van der Waals surface area contributed by atoms with Gasteiger partial charge in [-0.05, 0) is 92.4 Å². The van der Waals surface area contributed by atoms with Crippen LogP contribution in [0.5, 0.6) is 11.5 Å². The van der Waals surface area contributed by atoms with Crippen LogP contribution in [0.1, 0.15) is 51.0 Å². The topological polar surface area (TPSA) is 95.9 Å². The van der Waals surface area contributed by atoms with Crippen LogP contribution in [0.25, 0.3) is 6.08 Å². The molecule has 4 aliphatic carbocycles. The van der Waals surface area contributed by atoms with Crippen LogP contribution >= 0.6 is 11.6 Å². The van der Waals surface area contributed by atoms with Crippen molar-refractivity contribution in [3.05, 3.63) is 28.3 Å². The summed E-state index contributed by atoms with van der Waals surface area (Å²) in [6, 6.07) is 1.98. The van der Waals surface area contributed by atoms with Gasteiger partial charge >= 0.3 is 6.03 Å². The molecule has 5 fully saturated rings. The molecule has 1 atom stereocenters. The summed E-state index contributed by atoms with van der Waals surface area (Å²) in [4.78, 5) is 40.1. The number of halogens is 1. The number of methoxy groups -OCH3 is 1. The van der Waals surface area contributed by atoms with Crippen LogP contribution in [0, 0.1) is 23.2 Å². The summed E-state index contributed by atoms with van der Waals surface area (Å²) in [6.45, 7) is 1.96. The number of carbonyl (C=O) groups excluding carboxylic acids is 3. The number of hydrogen-bond acceptors (Lipinski definition) is 5. The van der Waals surface area contributed by atoms with Crippen molar-refractivity contribution in [1.82, 2.24) is 10.2 Å². The van der Waals surface area contributed by atoms with Crippen molar-refractivity contribution < 1.29 is 24.2 Å². The Morgan fingerprint density at radius 3 is 2.31 bits per heavy atom. The maximum absolute atomic E-state index is 13.5. The van der Waals surface area contributed by atoms with Crippen LogP contribution in [0.3, 0.4) is 0 Å². The van der Waals surface area contributed by atoms with Gasteiger partial charge in [-0.1, -0.05) is 11.6 Å². The Kier molecular flexibility index (Phi) is 5.00. The molecule has 4 bridgehead atoms. The zero-order valence-corrected chi connectivity index (χ0v) is 18.9. The van der Waals surface area contributed by atoms with Gasteiger partial charge < -0.3 is 9.84 Å². The Morgan fingerprint density at radius 2 is 1.75 bits per heavy atom. The zero-order valence-electron chi connectivity index (χ0n) is 18.2. The molecule has 4 amide bonds. The SMILES string of the molecule is COc1cc(/C=C2\C(=O)NC(=O)N([C@H](C)C34CC5CC(CC(C5)C3)C4)C2=O)cc(Cl)c1O. The second kappa shape index (κ2) is 7.51. The smallest absolute Gasteiger partial charge is 0.331 e. The molecule has 0 unspecified atom stereocenters. The van der Waals surface area contributed by atoms with Crippen molar-refractivity contribution in [1.29, 1.82) is 0 Å². The fourth-order valence-electron chi connectivity index (χ4n) is 6.99. The number of barbiturate groups is 1. The first-order chi connectivity index (χ1) is 15.2. The molecule has 1 heterocycles. The quantitative estimate of drug-likeness (QED) is 0.522. The molecule has 1 saturated heterocycles. The van der Waals surface area contributed by atoms with E-state index in [1.165, 1.54) is 49.5 Å². The highest BCUT2D eigenvalue weighted by Gasteiger charge is 2.56. The van der Waals surface area contributed by atoms with E-state index in [9.17, 15) is 19.5 Å². The van der Waals surface area contributed by atoms with Crippen molar-refractivity contribution in [3.63, 3.8) is 0 Å². The fraction of sp³-hybridized carbons (Fsp3) is 0.542. The standard InChI is InChI=1S/C24H27ClN2O5/c1-12(24-9-14-3-15(10-24)5-16(4-14)11-24)27-22(30)17(21(29)26-23(27)31)6-13-7-18(25)20(28)19(8-13)32-2/h6-8,12,14-16,28H,3-5,9-11H2,1-2H3,(H,26,29,31)/b17-6+/t12-,14?,15?,16?,24?/m1/s1. The van der Waals surface area contributed by atoms with E-state index in [0.717, 1.165) is 19.3 Å². The lowest BCUT2D eigenvalue weighted by Crippen LogP contribution is -2.63. The Morgan fingerprint density at radius 1 is 1.16 bits per heavy atom. The highest BCUT2D eigenvalue weighted by atomic mass is 35.5. The van der Waals surface area contributed by atoms with Crippen LogP contribution in [0.4, 0.5) is 4.79 Å². The number of carbonyl (C=O) groups is 3. The third-order valence-electron chi connectivity index (χ3n) is 8.07. The van der Waals surface area contributed by atoms with Gasteiger partial charge in [0, 0.05) is 6.04 Å². The number of hydrogen-bond donors (Lipinski definition) is 2. The van der Waals surface area contributed by atoms with Gasteiger partial charge in [0.15, 0.2) is 11.5 Å². The molecule has 170 valence electrons. The van der Waals surface area contributed by atoms with Crippen LogP contribution in [0.15, 0.2) is 17.7 Å². The monoisotopic (exact) mass is 458 g/mol. The van der Waals surface area contributed by atoms with Crippen molar-refractivity contribution in [2.75, 3.05) is 7.11 Å².